The molecule has 3 rings (SSSR count). The Bertz CT molecular complexity index is 1030. The number of urea groups is 1. The van der Waals surface area contributed by atoms with Crippen molar-refractivity contribution in [2.75, 3.05) is 10.6 Å². The fourth-order valence-electron chi connectivity index (χ4n) is 2.84. The molecule has 6 heteroatoms. The summed E-state index contributed by atoms with van der Waals surface area (Å²) in [6, 6.07) is 21.6. The molecule has 0 heterocycles. The van der Waals surface area contributed by atoms with Crippen LogP contribution in [0.3, 0.4) is 0 Å². The Morgan fingerprint density at radius 2 is 1.68 bits per heavy atom. The summed E-state index contributed by atoms with van der Waals surface area (Å²) in [5.41, 5.74) is 3.55. The molecule has 1 atom stereocenters. The van der Waals surface area contributed by atoms with Crippen LogP contribution in [0.1, 0.15) is 22.6 Å². The van der Waals surface area contributed by atoms with Gasteiger partial charge in [0.05, 0.1) is 12.0 Å². The van der Waals surface area contributed by atoms with Gasteiger partial charge in [0.1, 0.15) is 0 Å². The molecule has 0 saturated heterocycles. The molecule has 140 valence electrons. The monoisotopic (exact) mass is 409 g/mol. The van der Waals surface area contributed by atoms with Gasteiger partial charge in [-0.15, -0.1) is 0 Å². The maximum Gasteiger partial charge on any atom is 0.323 e. The van der Waals surface area contributed by atoms with E-state index in [1.165, 1.54) is 0 Å². The fourth-order valence-corrected chi connectivity index (χ4v) is 3.24. The summed E-state index contributed by atoms with van der Waals surface area (Å²) in [4.78, 5) is 12.2. The third kappa shape index (κ3) is 4.64. The predicted molar refractivity (Wildman–Crippen MR) is 114 cm³/mol. The van der Waals surface area contributed by atoms with Crippen LogP contribution >= 0.6 is 23.2 Å². The lowest BCUT2D eigenvalue weighted by Gasteiger charge is -2.16. The van der Waals surface area contributed by atoms with E-state index in [1.54, 1.807) is 42.5 Å². The molecule has 0 unspecified atom stereocenters. The van der Waals surface area contributed by atoms with Crippen LogP contribution in [0, 0.1) is 18.3 Å². The number of rotatable bonds is 4. The number of carbonyl (C=O) groups is 1. The van der Waals surface area contributed by atoms with Gasteiger partial charge in [-0.05, 0) is 53.9 Å². The lowest BCUT2D eigenvalue weighted by atomic mass is 9.91. The average molecular weight is 410 g/mol. The van der Waals surface area contributed by atoms with Crippen LogP contribution in [0.5, 0.6) is 0 Å². The first-order valence-electron chi connectivity index (χ1n) is 8.56. The third-order valence-corrected chi connectivity index (χ3v) is 4.85. The quantitative estimate of drug-likeness (QED) is 0.509. The number of hydrogen-bond donors (Lipinski definition) is 2. The number of para-hydroxylation sites is 1. The van der Waals surface area contributed by atoms with Gasteiger partial charge in [0, 0.05) is 21.4 Å². The van der Waals surface area contributed by atoms with E-state index in [2.05, 4.69) is 16.7 Å². The predicted octanol–water partition coefficient (Wildman–Crippen LogP) is 6.60. The van der Waals surface area contributed by atoms with Crippen molar-refractivity contribution in [2.45, 2.75) is 12.8 Å². The number of carbonyl (C=O) groups excluding carboxylic acids is 1. The molecule has 3 aromatic carbocycles. The molecule has 4 nitrogen and oxygen atoms in total. The highest BCUT2D eigenvalue weighted by molar-refractivity contribution is 6.32. The van der Waals surface area contributed by atoms with E-state index in [-0.39, 0.29) is 6.03 Å². The largest absolute Gasteiger partial charge is 0.323 e. The Hall–Kier alpha value is -3.00. The molecule has 0 aromatic heterocycles. The summed E-state index contributed by atoms with van der Waals surface area (Å²) in [7, 11) is 0. The summed E-state index contributed by atoms with van der Waals surface area (Å²) >= 11 is 12.4. The van der Waals surface area contributed by atoms with Crippen LogP contribution in [-0.4, -0.2) is 6.03 Å². The van der Waals surface area contributed by atoms with Crippen LogP contribution in [0.15, 0.2) is 66.7 Å². The molecular formula is C22H17Cl2N3O. The van der Waals surface area contributed by atoms with Gasteiger partial charge < -0.3 is 10.6 Å². The molecule has 0 fully saturated rings. The summed E-state index contributed by atoms with van der Waals surface area (Å²) in [5, 5.41) is 16.2. The maximum atomic E-state index is 12.2. The molecule has 0 saturated carbocycles. The number of benzene rings is 3. The number of nitrogens with one attached hydrogen (secondary N) is 2. The molecule has 0 spiro atoms. The number of anilines is 2. The van der Waals surface area contributed by atoms with E-state index in [0.717, 1.165) is 11.1 Å². The molecule has 0 radical (unpaired) electrons. The molecular weight excluding hydrogens is 393 g/mol. The van der Waals surface area contributed by atoms with Gasteiger partial charge in [-0.1, -0.05) is 59.6 Å². The summed E-state index contributed by atoms with van der Waals surface area (Å²) < 4.78 is 0. The molecule has 2 amide bonds. The number of amides is 2. The number of hydrogen-bond acceptors (Lipinski definition) is 2. The van der Waals surface area contributed by atoms with E-state index < -0.39 is 5.92 Å². The van der Waals surface area contributed by atoms with Crippen molar-refractivity contribution in [3.8, 4) is 6.07 Å². The second kappa shape index (κ2) is 8.79. The van der Waals surface area contributed by atoms with Crippen LogP contribution in [-0.2, 0) is 0 Å². The van der Waals surface area contributed by atoms with Crippen molar-refractivity contribution in [1.29, 1.82) is 5.26 Å². The standard InChI is InChI=1S/C22H17Cl2N3O/c1-14-11-18(19(13-25)15-7-9-16(23)10-8-15)20(24)12-21(14)27-22(28)26-17-5-3-2-4-6-17/h2-12,19H,1H3,(H2,26,27,28)/t19-/m1/s1. The third-order valence-electron chi connectivity index (χ3n) is 4.27. The van der Waals surface area contributed by atoms with Crippen molar-refractivity contribution < 1.29 is 4.79 Å². The van der Waals surface area contributed by atoms with Crippen molar-refractivity contribution in [3.63, 3.8) is 0 Å². The zero-order chi connectivity index (χ0) is 20.1. The first-order valence-corrected chi connectivity index (χ1v) is 9.31. The first kappa shape index (κ1) is 19.8. The van der Waals surface area contributed by atoms with E-state index in [4.69, 9.17) is 23.2 Å². The molecule has 0 aliphatic rings. The fraction of sp³-hybridized carbons (Fsp3) is 0.0909. The number of halogens is 2. The molecule has 3 aromatic rings. The molecule has 2 N–H and O–H groups in total. The van der Waals surface area contributed by atoms with Gasteiger partial charge in [0.2, 0.25) is 0 Å². The molecule has 28 heavy (non-hydrogen) atoms. The minimum atomic E-state index is -0.532. The van der Waals surface area contributed by atoms with Crippen molar-refractivity contribution in [2.24, 2.45) is 0 Å². The van der Waals surface area contributed by atoms with Gasteiger partial charge in [0.25, 0.3) is 0 Å². The lowest BCUT2D eigenvalue weighted by molar-refractivity contribution is 0.262. The van der Waals surface area contributed by atoms with Crippen molar-refractivity contribution in [1.82, 2.24) is 0 Å². The summed E-state index contributed by atoms with van der Waals surface area (Å²) in [6.45, 7) is 1.86. The zero-order valence-electron chi connectivity index (χ0n) is 15.0. The number of nitrogens with zero attached hydrogens (tertiary/aromatic N) is 1. The second-order valence-corrected chi connectivity index (χ2v) is 7.09. The molecule has 0 aliphatic heterocycles. The van der Waals surface area contributed by atoms with E-state index in [0.29, 0.717) is 27.0 Å². The van der Waals surface area contributed by atoms with Crippen LogP contribution < -0.4 is 10.6 Å². The first-order chi connectivity index (χ1) is 13.5. The van der Waals surface area contributed by atoms with Crippen LogP contribution in [0.25, 0.3) is 0 Å². The highest BCUT2D eigenvalue weighted by Gasteiger charge is 2.19. The van der Waals surface area contributed by atoms with E-state index in [9.17, 15) is 10.1 Å². The SMILES string of the molecule is Cc1cc([C@H](C#N)c2ccc(Cl)cc2)c(Cl)cc1NC(=O)Nc1ccccc1. The lowest BCUT2D eigenvalue weighted by Crippen LogP contribution is -2.20. The van der Waals surface area contributed by atoms with Gasteiger partial charge in [-0.25, -0.2) is 4.79 Å². The Balaban J connectivity index is 1.83. The smallest absolute Gasteiger partial charge is 0.308 e. The van der Waals surface area contributed by atoms with Gasteiger partial charge in [0.15, 0.2) is 0 Å². The Kier molecular flexibility index (Phi) is 6.20. The zero-order valence-corrected chi connectivity index (χ0v) is 16.6. The van der Waals surface area contributed by atoms with Crippen molar-refractivity contribution in [3.05, 3.63) is 93.5 Å². The Morgan fingerprint density at radius 1 is 1.00 bits per heavy atom. The highest BCUT2D eigenvalue weighted by atomic mass is 35.5. The topological polar surface area (TPSA) is 64.9 Å². The number of nitriles is 1. The highest BCUT2D eigenvalue weighted by Crippen LogP contribution is 2.34. The van der Waals surface area contributed by atoms with Crippen molar-refractivity contribution >= 4 is 40.6 Å². The van der Waals surface area contributed by atoms with Gasteiger partial charge in [-0.3, -0.25) is 0 Å². The summed E-state index contributed by atoms with van der Waals surface area (Å²) in [6.07, 6.45) is 0. The minimum absolute atomic E-state index is 0.368. The minimum Gasteiger partial charge on any atom is -0.308 e. The van der Waals surface area contributed by atoms with Crippen LogP contribution in [0.4, 0.5) is 16.2 Å². The van der Waals surface area contributed by atoms with E-state index in [1.807, 2.05) is 31.2 Å². The van der Waals surface area contributed by atoms with E-state index >= 15 is 0 Å². The summed E-state index contributed by atoms with van der Waals surface area (Å²) in [5.74, 6) is -0.532. The number of aryl methyl sites for hydroxylation is 1. The Morgan fingerprint density at radius 3 is 2.32 bits per heavy atom. The maximum absolute atomic E-state index is 12.2. The average Bonchev–Trinajstić information content (AvgIpc) is 2.68. The van der Waals surface area contributed by atoms with Gasteiger partial charge in [-0.2, -0.15) is 5.26 Å². The normalized spacial score (nSPS) is 11.4. The Labute approximate surface area is 173 Å². The second-order valence-electron chi connectivity index (χ2n) is 6.25. The molecule has 0 bridgehead atoms. The van der Waals surface area contributed by atoms with Crippen LogP contribution in [0.2, 0.25) is 10.0 Å². The molecule has 0 aliphatic carbocycles. The van der Waals surface area contributed by atoms with Gasteiger partial charge >= 0.3 is 6.03 Å².